The molecule has 0 unspecified atom stereocenters. The van der Waals surface area contributed by atoms with Crippen molar-refractivity contribution in [3.05, 3.63) is 26.4 Å². The summed E-state index contributed by atoms with van der Waals surface area (Å²) in [6, 6.07) is 3.01. The lowest BCUT2D eigenvalue weighted by Crippen LogP contribution is -1.94. The zero-order chi connectivity index (χ0) is 10.0. The first-order chi connectivity index (χ1) is 6.06. The van der Waals surface area contributed by atoms with E-state index in [4.69, 9.17) is 5.26 Å². The Morgan fingerprint density at radius 2 is 2.08 bits per heavy atom. The lowest BCUT2D eigenvalue weighted by atomic mass is 10.2. The molecular weight excluding hydrogens is 310 g/mol. The molecule has 13 heavy (non-hydrogen) atoms. The minimum Gasteiger partial charge on any atom is -0.230 e. The van der Waals surface area contributed by atoms with Gasteiger partial charge in [0.05, 0.1) is 5.56 Å². The third kappa shape index (κ3) is 2.23. The fourth-order valence-electron chi connectivity index (χ4n) is 0.746. The highest BCUT2D eigenvalue weighted by atomic mass is 79.9. The Morgan fingerprint density at radius 3 is 2.46 bits per heavy atom. The number of nitriles is 1. The fraction of sp³-hybridized carbons (Fsp3) is 0.143. The SMILES string of the molecule is N#Cc1cc(Br)c(C(F)F)c(Br)n1. The Balaban J connectivity index is 3.33. The van der Waals surface area contributed by atoms with E-state index < -0.39 is 6.43 Å². The van der Waals surface area contributed by atoms with Gasteiger partial charge in [0.1, 0.15) is 16.4 Å². The van der Waals surface area contributed by atoms with E-state index in [2.05, 4.69) is 36.8 Å². The Morgan fingerprint density at radius 1 is 1.46 bits per heavy atom. The summed E-state index contributed by atoms with van der Waals surface area (Å²) >= 11 is 5.81. The Hall–Kier alpha value is -0.540. The molecule has 0 saturated carbocycles. The second-order valence-electron chi connectivity index (χ2n) is 2.11. The van der Waals surface area contributed by atoms with Crippen LogP contribution >= 0.6 is 31.9 Å². The molecule has 0 N–H and O–H groups in total. The second-order valence-corrected chi connectivity index (χ2v) is 3.71. The molecule has 0 atom stereocenters. The van der Waals surface area contributed by atoms with Crippen molar-refractivity contribution >= 4 is 31.9 Å². The molecule has 68 valence electrons. The minimum atomic E-state index is -2.62. The molecule has 1 aromatic heterocycles. The van der Waals surface area contributed by atoms with Crippen molar-refractivity contribution in [3.8, 4) is 6.07 Å². The molecule has 1 aromatic rings. The Kier molecular flexibility index (Phi) is 3.33. The van der Waals surface area contributed by atoms with Gasteiger partial charge >= 0.3 is 0 Å². The van der Waals surface area contributed by atoms with Crippen molar-refractivity contribution in [2.45, 2.75) is 6.43 Å². The molecule has 0 saturated heterocycles. The molecule has 0 fully saturated rings. The molecule has 2 nitrogen and oxygen atoms in total. The van der Waals surface area contributed by atoms with Crippen molar-refractivity contribution in [2.24, 2.45) is 0 Å². The molecule has 0 aliphatic rings. The summed E-state index contributed by atoms with van der Waals surface area (Å²) in [5.41, 5.74) is -0.151. The Labute approximate surface area is 89.8 Å². The van der Waals surface area contributed by atoms with Crippen LogP contribution in [0.3, 0.4) is 0 Å². The van der Waals surface area contributed by atoms with Crippen molar-refractivity contribution in [1.29, 1.82) is 5.26 Å². The largest absolute Gasteiger partial charge is 0.267 e. The fourth-order valence-corrected chi connectivity index (χ4v) is 2.17. The highest BCUT2D eigenvalue weighted by Crippen LogP contribution is 2.32. The van der Waals surface area contributed by atoms with E-state index in [1.807, 2.05) is 0 Å². The third-order valence-corrected chi connectivity index (χ3v) is 2.55. The van der Waals surface area contributed by atoms with Gasteiger partial charge in [-0.3, -0.25) is 0 Å². The van der Waals surface area contributed by atoms with Crippen LogP contribution in [0.1, 0.15) is 17.7 Å². The van der Waals surface area contributed by atoms with Gasteiger partial charge in [-0.05, 0) is 22.0 Å². The van der Waals surface area contributed by atoms with E-state index in [1.165, 1.54) is 6.07 Å². The zero-order valence-electron chi connectivity index (χ0n) is 6.06. The highest BCUT2D eigenvalue weighted by molar-refractivity contribution is 9.11. The van der Waals surface area contributed by atoms with Crippen molar-refractivity contribution in [2.75, 3.05) is 0 Å². The van der Waals surface area contributed by atoms with Crippen LogP contribution < -0.4 is 0 Å². The van der Waals surface area contributed by atoms with Gasteiger partial charge in [0, 0.05) is 4.47 Å². The summed E-state index contributed by atoms with van der Waals surface area (Å²) < 4.78 is 24.9. The van der Waals surface area contributed by atoms with Crippen LogP contribution in [0, 0.1) is 11.3 Å². The van der Waals surface area contributed by atoms with E-state index in [0.717, 1.165) is 0 Å². The van der Waals surface area contributed by atoms with Crippen LogP contribution in [0.15, 0.2) is 15.1 Å². The van der Waals surface area contributed by atoms with Gasteiger partial charge in [-0.2, -0.15) is 5.26 Å². The maximum absolute atomic E-state index is 12.3. The standard InChI is InChI=1S/C7H2Br2F2N2/c8-4-1-3(2-12)13-6(9)5(4)7(10)11/h1,7H. The minimum absolute atomic E-state index is 0.00609. The van der Waals surface area contributed by atoms with E-state index in [0.29, 0.717) is 0 Å². The van der Waals surface area contributed by atoms with Crippen molar-refractivity contribution in [3.63, 3.8) is 0 Å². The maximum Gasteiger partial charge on any atom is 0.267 e. The number of hydrogen-bond acceptors (Lipinski definition) is 2. The lowest BCUT2D eigenvalue weighted by Gasteiger charge is -2.04. The lowest BCUT2D eigenvalue weighted by molar-refractivity contribution is 0.149. The predicted molar refractivity (Wildman–Crippen MR) is 49.3 cm³/mol. The summed E-state index contributed by atoms with van der Waals surface area (Å²) in [6.45, 7) is 0. The van der Waals surface area contributed by atoms with Crippen molar-refractivity contribution < 1.29 is 8.78 Å². The molecule has 0 aliphatic carbocycles. The third-order valence-electron chi connectivity index (χ3n) is 1.29. The van der Waals surface area contributed by atoms with E-state index in [9.17, 15) is 8.78 Å². The number of halogens is 4. The summed E-state index contributed by atoms with van der Waals surface area (Å²) in [7, 11) is 0. The van der Waals surface area contributed by atoms with Crippen LogP contribution in [0.4, 0.5) is 8.78 Å². The first-order valence-electron chi connectivity index (χ1n) is 3.10. The average Bonchev–Trinajstić information content (AvgIpc) is 2.02. The molecule has 0 radical (unpaired) electrons. The molecule has 6 heteroatoms. The number of nitrogens with zero attached hydrogens (tertiary/aromatic N) is 2. The molecule has 0 aromatic carbocycles. The van der Waals surface area contributed by atoms with Gasteiger partial charge in [-0.25, -0.2) is 13.8 Å². The van der Waals surface area contributed by atoms with Gasteiger partial charge in [0.25, 0.3) is 6.43 Å². The number of rotatable bonds is 1. The second kappa shape index (κ2) is 4.11. The first-order valence-corrected chi connectivity index (χ1v) is 4.69. The van der Waals surface area contributed by atoms with Crippen LogP contribution in [-0.2, 0) is 0 Å². The molecule has 0 aliphatic heterocycles. The molecule has 0 amide bonds. The van der Waals surface area contributed by atoms with Crippen LogP contribution in [0.2, 0.25) is 0 Å². The normalized spacial score (nSPS) is 10.2. The van der Waals surface area contributed by atoms with Crippen LogP contribution in [0.5, 0.6) is 0 Å². The number of aromatic nitrogens is 1. The van der Waals surface area contributed by atoms with E-state index >= 15 is 0 Å². The molecular formula is C7H2Br2F2N2. The maximum atomic E-state index is 12.3. The van der Waals surface area contributed by atoms with Crippen molar-refractivity contribution in [1.82, 2.24) is 4.98 Å². The topological polar surface area (TPSA) is 36.7 Å². The number of alkyl halides is 2. The zero-order valence-corrected chi connectivity index (χ0v) is 9.23. The van der Waals surface area contributed by atoms with Gasteiger partial charge in [-0.1, -0.05) is 15.9 Å². The predicted octanol–water partition coefficient (Wildman–Crippen LogP) is 3.42. The van der Waals surface area contributed by atoms with Crippen LogP contribution in [0.25, 0.3) is 0 Å². The van der Waals surface area contributed by atoms with Gasteiger partial charge in [0.2, 0.25) is 0 Å². The highest BCUT2D eigenvalue weighted by Gasteiger charge is 2.17. The monoisotopic (exact) mass is 310 g/mol. The summed E-state index contributed by atoms with van der Waals surface area (Å²) in [5.74, 6) is 0. The molecule has 1 rings (SSSR count). The summed E-state index contributed by atoms with van der Waals surface area (Å²) in [6.07, 6.45) is -2.62. The van der Waals surface area contributed by atoms with Crippen LogP contribution in [-0.4, -0.2) is 4.98 Å². The molecule has 1 heterocycles. The molecule has 0 bridgehead atoms. The first kappa shape index (κ1) is 10.5. The van der Waals surface area contributed by atoms with E-state index in [1.54, 1.807) is 6.07 Å². The number of pyridine rings is 1. The average molecular weight is 312 g/mol. The van der Waals surface area contributed by atoms with Gasteiger partial charge in [-0.15, -0.1) is 0 Å². The summed E-state index contributed by atoms with van der Waals surface area (Å²) in [4.78, 5) is 3.62. The van der Waals surface area contributed by atoms with Gasteiger partial charge < -0.3 is 0 Å². The van der Waals surface area contributed by atoms with E-state index in [-0.39, 0.29) is 20.3 Å². The summed E-state index contributed by atoms with van der Waals surface area (Å²) in [5, 5.41) is 8.47. The Bertz CT molecular complexity index is 350. The quantitative estimate of drug-likeness (QED) is 0.745. The van der Waals surface area contributed by atoms with Gasteiger partial charge in [0.15, 0.2) is 0 Å². The smallest absolute Gasteiger partial charge is 0.230 e. The number of hydrogen-bond donors (Lipinski definition) is 0. The molecule has 0 spiro atoms.